The predicted molar refractivity (Wildman–Crippen MR) is 33.4 cm³/mol. The van der Waals surface area contributed by atoms with Crippen LogP contribution >= 0.6 is 0 Å². The number of H-pyrrole nitrogens is 1. The van der Waals surface area contributed by atoms with Gasteiger partial charge in [0.25, 0.3) is 0 Å². The van der Waals surface area contributed by atoms with E-state index >= 15 is 0 Å². The van der Waals surface area contributed by atoms with Crippen LogP contribution in [-0.4, -0.2) is 36.7 Å². The van der Waals surface area contributed by atoms with Crippen molar-refractivity contribution in [2.45, 2.75) is 0 Å². The minimum absolute atomic E-state index is 0. The van der Waals surface area contributed by atoms with E-state index in [4.69, 9.17) is 24.4 Å². The van der Waals surface area contributed by atoms with Crippen molar-refractivity contribution in [1.82, 2.24) is 10.2 Å². The fourth-order valence-electron chi connectivity index (χ4n) is 0.215. The second-order valence-electron chi connectivity index (χ2n) is 0.766. The van der Waals surface area contributed by atoms with Crippen molar-refractivity contribution in [2.24, 2.45) is 0 Å². The molecule has 0 amide bonds. The zero-order chi connectivity index (χ0) is 9.54. The van der Waals surface area contributed by atoms with Gasteiger partial charge in [0.05, 0.1) is 0 Å². The molecule has 0 aliphatic heterocycles. The molecule has 9 heteroatoms. The number of nitrogens with zero attached hydrogens (tertiary/aromatic N) is 1. The summed E-state index contributed by atoms with van der Waals surface area (Å²) in [4.78, 5) is 0. The van der Waals surface area contributed by atoms with E-state index < -0.39 is 0 Å². The zero-order valence-electron chi connectivity index (χ0n) is 5.78. The molecule has 1 heterocycles. The molecule has 0 unspecified atom stereocenters. The number of hydrogen-bond acceptors (Lipinski definition) is 6. The second-order valence-corrected chi connectivity index (χ2v) is 0.766. The van der Waals surface area contributed by atoms with Crippen LogP contribution in [0, 0.1) is 0 Å². The molecule has 0 saturated heterocycles. The third-order valence-electron chi connectivity index (χ3n) is 0.406. The molecule has 7 N–H and O–H groups in total. The molecule has 0 radical (unpaired) electrons. The van der Waals surface area contributed by atoms with Crippen LogP contribution in [0.4, 0.5) is 0 Å². The molecule has 0 fully saturated rings. The first-order chi connectivity index (χ1) is 5.50. The van der Waals surface area contributed by atoms with Crippen molar-refractivity contribution < 1.29 is 49.7 Å². The molecular formula is C3H10MoN2O6. The largest absolute Gasteiger partial charge is 0.286 e. The van der Waals surface area contributed by atoms with Gasteiger partial charge in [0.1, 0.15) is 0 Å². The van der Waals surface area contributed by atoms with Crippen LogP contribution in [0.5, 0.6) is 0 Å². The van der Waals surface area contributed by atoms with E-state index in [1.807, 2.05) is 6.07 Å². The number of nitrogens with one attached hydrogen (secondary N) is 1. The zero-order valence-corrected chi connectivity index (χ0v) is 7.79. The molecular weight excluding hydrogens is 256 g/mol. The third-order valence-corrected chi connectivity index (χ3v) is 0.406. The summed E-state index contributed by atoms with van der Waals surface area (Å²) in [7, 11) is 0. The standard InChI is InChI=1S/C3H4N2.Mo.2H2O2.H2O.O/c1-2-4-5-3-1;;2*1-2;;/h1-3H,(H,4,5);;2*1-2H;1H2;. The average Bonchev–Trinajstić information content (AvgIpc) is 2.71. The summed E-state index contributed by atoms with van der Waals surface area (Å²) in [5.41, 5.74) is 0. The smallest absolute Gasteiger partial charge is 0.0487 e. The van der Waals surface area contributed by atoms with E-state index in [0.717, 1.165) is 0 Å². The Labute approximate surface area is 78.9 Å². The molecule has 1 rings (SSSR count). The molecule has 1 aromatic rings. The molecule has 0 atom stereocenters. The van der Waals surface area contributed by atoms with Gasteiger partial charge in [0.2, 0.25) is 0 Å². The third kappa shape index (κ3) is 33.9. The van der Waals surface area contributed by atoms with Crippen molar-refractivity contribution in [3.8, 4) is 0 Å². The Morgan fingerprint density at radius 2 is 1.58 bits per heavy atom. The molecule has 0 saturated carbocycles. The summed E-state index contributed by atoms with van der Waals surface area (Å²) in [5.74, 6) is 0. The van der Waals surface area contributed by atoms with Crippen LogP contribution in [-0.2, 0) is 23.2 Å². The summed E-state index contributed by atoms with van der Waals surface area (Å²) in [6.45, 7) is 0. The van der Waals surface area contributed by atoms with Gasteiger partial charge >= 0.3 is 23.2 Å². The number of aromatic amines is 1. The fraction of sp³-hybridized carbons (Fsp3) is 0. The molecule has 0 spiro atoms. The molecule has 74 valence electrons. The SMILES string of the molecule is O.OO.OO.[O]=[Mo].c1cn[nH]c1. The molecule has 8 nitrogen and oxygen atoms in total. The fourth-order valence-corrected chi connectivity index (χ4v) is 0.215. The van der Waals surface area contributed by atoms with E-state index in [1.165, 1.54) is 0 Å². The minimum atomic E-state index is 0. The summed E-state index contributed by atoms with van der Waals surface area (Å²) in [6.07, 6.45) is 3.46. The van der Waals surface area contributed by atoms with E-state index in [1.54, 1.807) is 12.4 Å². The van der Waals surface area contributed by atoms with Crippen molar-refractivity contribution >= 4 is 0 Å². The Kier molecular flexibility index (Phi) is 87.9. The summed E-state index contributed by atoms with van der Waals surface area (Å²) < 4.78 is 8.26. The Balaban J connectivity index is -0.0000000406. The van der Waals surface area contributed by atoms with Crippen molar-refractivity contribution in [1.29, 1.82) is 0 Å². The van der Waals surface area contributed by atoms with Crippen molar-refractivity contribution in [3.05, 3.63) is 18.5 Å². The van der Waals surface area contributed by atoms with Gasteiger partial charge in [-0.05, 0) is 6.07 Å². The van der Waals surface area contributed by atoms with Gasteiger partial charge in [0, 0.05) is 12.4 Å². The van der Waals surface area contributed by atoms with Gasteiger partial charge < -0.3 is 5.48 Å². The monoisotopic (exact) mass is 268 g/mol. The molecule has 12 heavy (non-hydrogen) atoms. The van der Waals surface area contributed by atoms with E-state index in [9.17, 15) is 0 Å². The average molecular weight is 266 g/mol. The summed E-state index contributed by atoms with van der Waals surface area (Å²) >= 11 is 0.700. The van der Waals surface area contributed by atoms with Crippen LogP contribution in [0.1, 0.15) is 0 Å². The number of rotatable bonds is 0. The Morgan fingerprint density at radius 3 is 1.67 bits per heavy atom. The Morgan fingerprint density at radius 1 is 1.17 bits per heavy atom. The molecule has 0 aromatic carbocycles. The van der Waals surface area contributed by atoms with Gasteiger partial charge in [-0.3, -0.25) is 26.1 Å². The first-order valence-electron chi connectivity index (χ1n) is 2.00. The van der Waals surface area contributed by atoms with Gasteiger partial charge in [-0.1, -0.05) is 0 Å². The second kappa shape index (κ2) is 46.8. The quantitative estimate of drug-likeness (QED) is 0.242. The Bertz CT molecular complexity index is 87.7. The van der Waals surface area contributed by atoms with Crippen LogP contribution < -0.4 is 0 Å². The minimum Gasteiger partial charge on any atom is -0.286 e. The van der Waals surface area contributed by atoms with Gasteiger partial charge in [0.15, 0.2) is 0 Å². The topological polar surface area (TPSA) is 158 Å². The maximum Gasteiger partial charge on any atom is 0.0487 e. The van der Waals surface area contributed by atoms with Crippen molar-refractivity contribution in [2.75, 3.05) is 0 Å². The maximum absolute atomic E-state index is 8.26. The first kappa shape index (κ1) is 22.5. The normalized spacial score (nSPS) is 4.67. The molecule has 0 aliphatic carbocycles. The first-order valence-corrected chi connectivity index (χ1v) is 2.82. The van der Waals surface area contributed by atoms with Crippen LogP contribution in [0.15, 0.2) is 18.5 Å². The van der Waals surface area contributed by atoms with Crippen LogP contribution in [0.2, 0.25) is 0 Å². The molecule has 1 aromatic heterocycles. The van der Waals surface area contributed by atoms with Gasteiger partial charge in [-0.15, -0.1) is 0 Å². The predicted octanol–water partition coefficient (Wildman–Crippen LogP) is -0.502. The number of hydrogen-bond donors (Lipinski definition) is 5. The maximum atomic E-state index is 8.26. The van der Waals surface area contributed by atoms with E-state index in [0.29, 0.717) is 19.8 Å². The summed E-state index contributed by atoms with van der Waals surface area (Å²) in [5, 5.41) is 30.2. The number of aromatic nitrogens is 2. The van der Waals surface area contributed by atoms with Crippen molar-refractivity contribution in [3.63, 3.8) is 0 Å². The van der Waals surface area contributed by atoms with E-state index in [-0.39, 0.29) is 5.48 Å². The van der Waals surface area contributed by atoms with Crippen LogP contribution in [0.3, 0.4) is 0 Å². The van der Waals surface area contributed by atoms with Gasteiger partial charge in [-0.2, -0.15) is 5.10 Å². The molecule has 0 bridgehead atoms. The van der Waals surface area contributed by atoms with E-state index in [2.05, 4.69) is 10.2 Å². The summed E-state index contributed by atoms with van der Waals surface area (Å²) in [6, 6.07) is 1.83. The Hall–Kier alpha value is -0.502. The van der Waals surface area contributed by atoms with Gasteiger partial charge in [-0.25, -0.2) is 0 Å². The van der Waals surface area contributed by atoms with Crippen LogP contribution in [0.25, 0.3) is 0 Å². The molecule has 0 aliphatic rings.